The highest BCUT2D eigenvalue weighted by molar-refractivity contribution is 5.92. The number of esters is 1. The first kappa shape index (κ1) is 10.3. The van der Waals surface area contributed by atoms with E-state index in [1.165, 1.54) is 7.11 Å². The highest BCUT2D eigenvalue weighted by Crippen LogP contribution is 2.08. The van der Waals surface area contributed by atoms with Gasteiger partial charge in [0, 0.05) is 12.0 Å². The second-order valence-electron chi connectivity index (χ2n) is 2.69. The van der Waals surface area contributed by atoms with Crippen molar-refractivity contribution in [3.63, 3.8) is 0 Å². The summed E-state index contributed by atoms with van der Waals surface area (Å²) < 4.78 is 4.65. The Bertz CT molecular complexity index is 383. The zero-order valence-corrected chi connectivity index (χ0v) is 8.33. The van der Waals surface area contributed by atoms with E-state index in [9.17, 15) is 4.79 Å². The fraction of sp³-hybridized carbons (Fsp3) is 0.250. The van der Waals surface area contributed by atoms with Gasteiger partial charge in [0.2, 0.25) is 0 Å². The van der Waals surface area contributed by atoms with Crippen LogP contribution in [0.5, 0.6) is 0 Å². The molecule has 72 valence electrons. The molecule has 0 atom stereocenters. The van der Waals surface area contributed by atoms with E-state index in [0.29, 0.717) is 5.56 Å². The fourth-order valence-corrected chi connectivity index (χ4v) is 1.06. The van der Waals surface area contributed by atoms with E-state index < -0.39 is 0 Å². The molecule has 0 heterocycles. The van der Waals surface area contributed by atoms with Crippen molar-refractivity contribution in [3.05, 3.63) is 35.4 Å². The number of hydrogen-bond acceptors (Lipinski definition) is 2. The van der Waals surface area contributed by atoms with Gasteiger partial charge in [0.15, 0.2) is 0 Å². The normalized spacial score (nSPS) is 8.71. The van der Waals surface area contributed by atoms with Crippen LogP contribution in [0.25, 0.3) is 0 Å². The number of ether oxygens (including phenoxy) is 1. The molecule has 0 saturated heterocycles. The molecule has 1 aromatic carbocycles. The summed E-state index contributed by atoms with van der Waals surface area (Å²) in [6.45, 7) is 1.97. The van der Waals surface area contributed by atoms with E-state index in [-0.39, 0.29) is 5.97 Å². The van der Waals surface area contributed by atoms with Gasteiger partial charge in [-0.05, 0) is 12.1 Å². The molecule has 0 aliphatic carbocycles. The molecule has 0 aliphatic heterocycles. The second kappa shape index (κ2) is 5.08. The molecule has 0 bridgehead atoms. The number of rotatable bonds is 1. The summed E-state index contributed by atoms with van der Waals surface area (Å²) in [7, 11) is 1.37. The third-order valence-corrected chi connectivity index (χ3v) is 1.73. The Hall–Kier alpha value is -1.75. The summed E-state index contributed by atoms with van der Waals surface area (Å²) in [6, 6.07) is 7.18. The molecule has 0 amide bonds. The van der Waals surface area contributed by atoms with Crippen molar-refractivity contribution in [1.82, 2.24) is 0 Å². The number of carbonyl (C=O) groups is 1. The average Bonchev–Trinajstić information content (AvgIpc) is 2.25. The fourth-order valence-electron chi connectivity index (χ4n) is 1.06. The standard InChI is InChI=1S/C12H12O2/c1-3-4-7-10-8-5-6-9-11(10)12(13)14-2/h5-6,8-9H,3H2,1-2H3. The summed E-state index contributed by atoms with van der Waals surface area (Å²) in [4.78, 5) is 11.3. The van der Waals surface area contributed by atoms with E-state index in [1.807, 2.05) is 19.1 Å². The summed E-state index contributed by atoms with van der Waals surface area (Å²) in [5.41, 5.74) is 1.25. The minimum atomic E-state index is -0.342. The maximum Gasteiger partial charge on any atom is 0.339 e. The first-order valence-electron chi connectivity index (χ1n) is 4.45. The Morgan fingerprint density at radius 2 is 2.14 bits per heavy atom. The van der Waals surface area contributed by atoms with Gasteiger partial charge >= 0.3 is 5.97 Å². The maximum atomic E-state index is 11.3. The van der Waals surface area contributed by atoms with E-state index in [0.717, 1.165) is 12.0 Å². The van der Waals surface area contributed by atoms with Crippen LogP contribution < -0.4 is 0 Å². The zero-order chi connectivity index (χ0) is 10.4. The molecule has 0 saturated carbocycles. The molecule has 0 fully saturated rings. The molecule has 1 aromatic rings. The summed E-state index contributed by atoms with van der Waals surface area (Å²) in [6.07, 6.45) is 0.773. The largest absolute Gasteiger partial charge is 0.465 e. The van der Waals surface area contributed by atoms with Crippen molar-refractivity contribution in [3.8, 4) is 11.8 Å². The van der Waals surface area contributed by atoms with Gasteiger partial charge < -0.3 is 4.74 Å². The van der Waals surface area contributed by atoms with Gasteiger partial charge in [0.05, 0.1) is 12.7 Å². The van der Waals surface area contributed by atoms with Crippen molar-refractivity contribution >= 4 is 5.97 Å². The van der Waals surface area contributed by atoms with Gasteiger partial charge in [-0.15, -0.1) is 0 Å². The lowest BCUT2D eigenvalue weighted by Crippen LogP contribution is -2.03. The first-order valence-corrected chi connectivity index (χ1v) is 4.45. The predicted octanol–water partition coefficient (Wildman–Crippen LogP) is 2.23. The average molecular weight is 188 g/mol. The lowest BCUT2D eigenvalue weighted by Gasteiger charge is -2.00. The SMILES string of the molecule is CCC#Cc1ccccc1C(=O)OC. The van der Waals surface area contributed by atoms with Crippen LogP contribution in [0.15, 0.2) is 24.3 Å². The summed E-state index contributed by atoms with van der Waals surface area (Å²) in [5.74, 6) is 5.51. The van der Waals surface area contributed by atoms with Crippen molar-refractivity contribution in [1.29, 1.82) is 0 Å². The Balaban J connectivity index is 3.09. The molecule has 0 radical (unpaired) electrons. The number of carbonyl (C=O) groups excluding carboxylic acids is 1. The Kier molecular flexibility index (Phi) is 3.75. The molecule has 14 heavy (non-hydrogen) atoms. The van der Waals surface area contributed by atoms with Crippen molar-refractivity contribution in [2.24, 2.45) is 0 Å². The molecule has 2 nitrogen and oxygen atoms in total. The molecule has 0 aromatic heterocycles. The maximum absolute atomic E-state index is 11.3. The van der Waals surface area contributed by atoms with Crippen LogP contribution in [-0.4, -0.2) is 13.1 Å². The zero-order valence-electron chi connectivity index (χ0n) is 8.33. The minimum absolute atomic E-state index is 0.342. The first-order chi connectivity index (χ1) is 6.79. The molecule has 1 rings (SSSR count). The number of methoxy groups -OCH3 is 1. The number of benzene rings is 1. The van der Waals surface area contributed by atoms with Gasteiger partial charge in [-0.25, -0.2) is 4.79 Å². The quantitative estimate of drug-likeness (QED) is 0.499. The highest BCUT2D eigenvalue weighted by atomic mass is 16.5. The van der Waals surface area contributed by atoms with Crippen LogP contribution in [0.4, 0.5) is 0 Å². The van der Waals surface area contributed by atoms with Crippen LogP contribution in [0, 0.1) is 11.8 Å². The number of hydrogen-bond donors (Lipinski definition) is 0. The van der Waals surface area contributed by atoms with Crippen molar-refractivity contribution in [2.45, 2.75) is 13.3 Å². The molecular weight excluding hydrogens is 176 g/mol. The van der Waals surface area contributed by atoms with Crippen LogP contribution in [0.1, 0.15) is 29.3 Å². The van der Waals surface area contributed by atoms with Crippen molar-refractivity contribution < 1.29 is 9.53 Å². The van der Waals surface area contributed by atoms with Crippen molar-refractivity contribution in [2.75, 3.05) is 7.11 Å². The molecule has 0 N–H and O–H groups in total. The molecular formula is C12H12O2. The van der Waals surface area contributed by atoms with Gasteiger partial charge in [0.25, 0.3) is 0 Å². The topological polar surface area (TPSA) is 26.3 Å². The monoisotopic (exact) mass is 188 g/mol. The molecule has 2 heteroatoms. The Morgan fingerprint density at radius 1 is 1.43 bits per heavy atom. The van der Waals surface area contributed by atoms with Gasteiger partial charge in [-0.1, -0.05) is 30.9 Å². The third kappa shape index (κ3) is 2.37. The van der Waals surface area contributed by atoms with Gasteiger partial charge in [-0.3, -0.25) is 0 Å². The van der Waals surface area contributed by atoms with Crippen LogP contribution >= 0.6 is 0 Å². The van der Waals surface area contributed by atoms with E-state index in [4.69, 9.17) is 0 Å². The lowest BCUT2D eigenvalue weighted by atomic mass is 10.1. The Labute approximate surface area is 83.9 Å². The summed E-state index contributed by atoms with van der Waals surface area (Å²) in [5, 5.41) is 0. The third-order valence-electron chi connectivity index (χ3n) is 1.73. The van der Waals surface area contributed by atoms with E-state index in [1.54, 1.807) is 12.1 Å². The Morgan fingerprint density at radius 3 is 2.79 bits per heavy atom. The van der Waals surface area contributed by atoms with Crippen LogP contribution in [0.2, 0.25) is 0 Å². The summed E-state index contributed by atoms with van der Waals surface area (Å²) >= 11 is 0. The van der Waals surface area contributed by atoms with Crippen LogP contribution in [0.3, 0.4) is 0 Å². The van der Waals surface area contributed by atoms with E-state index >= 15 is 0 Å². The van der Waals surface area contributed by atoms with Crippen LogP contribution in [-0.2, 0) is 4.74 Å². The molecule has 0 spiro atoms. The highest BCUT2D eigenvalue weighted by Gasteiger charge is 2.08. The lowest BCUT2D eigenvalue weighted by molar-refractivity contribution is 0.0600. The molecule has 0 aliphatic rings. The van der Waals surface area contributed by atoms with Gasteiger partial charge in [0.1, 0.15) is 0 Å². The smallest absolute Gasteiger partial charge is 0.339 e. The van der Waals surface area contributed by atoms with E-state index in [2.05, 4.69) is 16.6 Å². The molecule has 0 unspecified atom stereocenters. The van der Waals surface area contributed by atoms with Gasteiger partial charge in [-0.2, -0.15) is 0 Å². The minimum Gasteiger partial charge on any atom is -0.465 e. The predicted molar refractivity (Wildman–Crippen MR) is 55.0 cm³/mol. The second-order valence-corrected chi connectivity index (χ2v) is 2.69.